The van der Waals surface area contributed by atoms with E-state index >= 15 is 0 Å². The number of halogens is 4. The summed E-state index contributed by atoms with van der Waals surface area (Å²) in [6.07, 6.45) is 8.71. The van der Waals surface area contributed by atoms with Crippen LogP contribution in [0.15, 0.2) is 85.5 Å². The zero-order valence-electron chi connectivity index (χ0n) is 40.0. The summed E-state index contributed by atoms with van der Waals surface area (Å²) < 4.78 is 67.7. The Bertz CT molecular complexity index is 2530. The predicted molar refractivity (Wildman–Crippen MR) is 257 cm³/mol. The van der Waals surface area contributed by atoms with Crippen LogP contribution in [0.3, 0.4) is 0 Å². The molecule has 4 heterocycles. The molecular formula is C52H56F4N10O7. The van der Waals surface area contributed by atoms with Crippen molar-refractivity contribution in [2.24, 2.45) is 17.6 Å². The van der Waals surface area contributed by atoms with E-state index in [1.807, 2.05) is 4.90 Å². The first-order chi connectivity index (χ1) is 35.1. The van der Waals surface area contributed by atoms with E-state index in [-0.39, 0.29) is 23.0 Å². The van der Waals surface area contributed by atoms with Crippen LogP contribution in [0.1, 0.15) is 72.1 Å². The molecule has 2 saturated heterocycles. The molecule has 4 N–H and O–H groups in total. The summed E-state index contributed by atoms with van der Waals surface area (Å²) >= 11 is 0. The third-order valence-corrected chi connectivity index (χ3v) is 13.3. The van der Waals surface area contributed by atoms with Crippen molar-refractivity contribution in [2.45, 2.75) is 75.3 Å². The van der Waals surface area contributed by atoms with Gasteiger partial charge >= 0.3 is 0 Å². The minimum atomic E-state index is -3.18. The van der Waals surface area contributed by atoms with Gasteiger partial charge in [0.2, 0.25) is 17.7 Å². The Morgan fingerprint density at radius 3 is 1.49 bits per heavy atom. The second-order valence-electron chi connectivity index (χ2n) is 18.4. The maximum absolute atomic E-state index is 13.9. The topological polar surface area (TPSA) is 237 Å². The van der Waals surface area contributed by atoms with E-state index in [0.717, 1.165) is 35.5 Å². The number of ether oxygens (including phenoxy) is 2. The molecule has 0 bridgehead atoms. The Hall–Kier alpha value is -7.65. The Labute approximate surface area is 419 Å². The lowest BCUT2D eigenvalue weighted by atomic mass is 9.81. The first-order valence-electron chi connectivity index (χ1n) is 24.1. The van der Waals surface area contributed by atoms with Crippen molar-refractivity contribution >= 4 is 29.5 Å². The number of rotatable bonds is 20. The number of likely N-dealkylation sites (tertiary alicyclic amines) is 2. The summed E-state index contributed by atoms with van der Waals surface area (Å²) in [6.45, 7) is -0.816. The van der Waals surface area contributed by atoms with Gasteiger partial charge in [0.15, 0.2) is 0 Å². The minimum absolute atomic E-state index is 0.0819. The number of aromatic nitrogens is 2. The first-order valence-corrected chi connectivity index (χ1v) is 24.1. The monoisotopic (exact) mass is 1010 g/mol. The molecule has 3 fully saturated rings. The van der Waals surface area contributed by atoms with E-state index in [9.17, 15) is 52.1 Å². The van der Waals surface area contributed by atoms with Crippen molar-refractivity contribution in [3.63, 3.8) is 0 Å². The summed E-state index contributed by atoms with van der Waals surface area (Å²) in [5.74, 6) is -7.69. The number of alkyl halides is 4. The number of carbonyl (C=O) groups is 5. The molecule has 4 aromatic rings. The fraction of sp³-hybridized carbons (Fsp3) is 0.442. The maximum atomic E-state index is 13.9. The summed E-state index contributed by atoms with van der Waals surface area (Å²) in [6, 6.07) is 17.8. The van der Waals surface area contributed by atoms with E-state index < -0.39 is 86.6 Å². The highest BCUT2D eigenvalue weighted by Crippen LogP contribution is 2.34. The molecule has 2 aromatic carbocycles. The Morgan fingerprint density at radius 1 is 0.671 bits per heavy atom. The maximum Gasteiger partial charge on any atom is 0.268 e. The average Bonchev–Trinajstić information content (AvgIpc) is 3.92. The van der Waals surface area contributed by atoms with Gasteiger partial charge in [0.05, 0.1) is 62.7 Å². The molecule has 21 heteroatoms. The van der Waals surface area contributed by atoms with Crippen molar-refractivity contribution in [3.05, 3.63) is 96.6 Å². The second-order valence-corrected chi connectivity index (χ2v) is 18.4. The van der Waals surface area contributed by atoms with Gasteiger partial charge in [0, 0.05) is 67.8 Å². The molecule has 5 amide bonds. The zero-order valence-corrected chi connectivity index (χ0v) is 40.0. The van der Waals surface area contributed by atoms with Crippen molar-refractivity contribution < 1.29 is 51.0 Å². The van der Waals surface area contributed by atoms with Crippen LogP contribution < -0.4 is 25.8 Å². The van der Waals surface area contributed by atoms with Gasteiger partial charge in [-0.15, -0.1) is 0 Å². The number of hydrogen-bond donors (Lipinski definition) is 3. The lowest BCUT2D eigenvalue weighted by Crippen LogP contribution is -2.43. The van der Waals surface area contributed by atoms with Crippen LogP contribution >= 0.6 is 0 Å². The summed E-state index contributed by atoms with van der Waals surface area (Å²) in [7, 11) is 0. The number of amides is 5. The SMILES string of the molecule is N#C[C@@H]1CC(F)(F)CN1C(=O)CNC(=O)c1ccncc1-c1ccc(OCCCN(CCCOc2ccc(-c3cnccc3C(=O)NCC(=O)N3CC(F)(F)C[C@H]3C#N)cc2)C(=O)C2CCC(CN)CC2)cc1. The number of benzene rings is 2. The summed E-state index contributed by atoms with van der Waals surface area (Å²) in [5, 5.41) is 23.4. The molecule has 0 unspecified atom stereocenters. The van der Waals surface area contributed by atoms with E-state index in [0.29, 0.717) is 85.4 Å². The second kappa shape index (κ2) is 24.2. The van der Waals surface area contributed by atoms with Gasteiger partial charge in [-0.2, -0.15) is 10.5 Å². The number of carbonyl (C=O) groups excluding carboxylic acids is 5. The third-order valence-electron chi connectivity index (χ3n) is 13.3. The van der Waals surface area contributed by atoms with Crippen LogP contribution in [0, 0.1) is 34.5 Å². The molecule has 17 nitrogen and oxygen atoms in total. The van der Waals surface area contributed by atoms with Gasteiger partial charge in [-0.05, 0) is 98.5 Å². The van der Waals surface area contributed by atoms with Gasteiger partial charge < -0.3 is 40.5 Å². The van der Waals surface area contributed by atoms with Crippen molar-refractivity contribution in [2.75, 3.05) is 59.0 Å². The highest BCUT2D eigenvalue weighted by Gasteiger charge is 2.48. The van der Waals surface area contributed by atoms with Gasteiger partial charge in [-0.1, -0.05) is 24.3 Å². The molecular weight excluding hydrogens is 953 g/mol. The van der Waals surface area contributed by atoms with Crippen LogP contribution in [-0.4, -0.2) is 137 Å². The molecule has 2 aliphatic heterocycles. The highest BCUT2D eigenvalue weighted by atomic mass is 19.3. The number of nitrogens with zero attached hydrogens (tertiary/aromatic N) is 7. The van der Waals surface area contributed by atoms with Crippen LogP contribution in [-0.2, 0) is 14.4 Å². The van der Waals surface area contributed by atoms with E-state index in [2.05, 4.69) is 20.6 Å². The Kier molecular flexibility index (Phi) is 17.6. The third kappa shape index (κ3) is 13.9. The Balaban J connectivity index is 0.892. The number of nitriles is 2. The number of nitrogens with two attached hydrogens (primary N) is 1. The first kappa shape index (κ1) is 53.2. The minimum Gasteiger partial charge on any atom is -0.494 e. The van der Waals surface area contributed by atoms with Gasteiger partial charge in [-0.25, -0.2) is 17.6 Å². The molecule has 0 spiro atoms. The number of pyridine rings is 2. The molecule has 73 heavy (non-hydrogen) atoms. The Morgan fingerprint density at radius 2 is 1.10 bits per heavy atom. The fourth-order valence-corrected chi connectivity index (χ4v) is 9.33. The largest absolute Gasteiger partial charge is 0.494 e. The highest BCUT2D eigenvalue weighted by molar-refractivity contribution is 6.03. The molecule has 1 aliphatic carbocycles. The zero-order chi connectivity index (χ0) is 52.1. The fourth-order valence-electron chi connectivity index (χ4n) is 9.33. The molecule has 3 aliphatic rings. The standard InChI is InChI=1S/C52H56F4N10O7/c53-51(54)23-38(26-58)65(32-51)46(67)30-62-48(69)42-15-17-60-28-44(42)35-7-11-40(12-8-35)72-21-1-19-64(50(71)37-5-3-34(25-57)4-6-37)20-2-22-73-41-13-9-36(10-14-41)45-29-61-18-16-43(45)49(70)63-31-47(68)66-33-52(55,56)24-39(66)27-59/h7-18,28-29,34,37-39H,1-6,19-25,30-33,57H2,(H,62,69)(H,63,70)/t34?,37?,38-,39-/m0/s1. The lowest BCUT2D eigenvalue weighted by molar-refractivity contribution is -0.137. The van der Waals surface area contributed by atoms with E-state index in [4.69, 9.17) is 15.2 Å². The van der Waals surface area contributed by atoms with E-state index in [1.54, 1.807) is 60.7 Å². The van der Waals surface area contributed by atoms with E-state index in [1.165, 1.54) is 36.9 Å². The van der Waals surface area contributed by atoms with Gasteiger partial charge in [0.25, 0.3) is 23.7 Å². The van der Waals surface area contributed by atoms with Crippen LogP contribution in [0.25, 0.3) is 22.3 Å². The van der Waals surface area contributed by atoms with Gasteiger partial charge in [0.1, 0.15) is 23.6 Å². The van der Waals surface area contributed by atoms with Crippen LogP contribution in [0.4, 0.5) is 17.6 Å². The molecule has 1 saturated carbocycles. The van der Waals surface area contributed by atoms with Gasteiger partial charge in [-0.3, -0.25) is 33.9 Å². The van der Waals surface area contributed by atoms with Crippen molar-refractivity contribution in [1.29, 1.82) is 10.5 Å². The molecule has 2 aromatic heterocycles. The molecule has 0 radical (unpaired) electrons. The molecule has 2 atom stereocenters. The summed E-state index contributed by atoms with van der Waals surface area (Å²) in [4.78, 5) is 77.4. The van der Waals surface area contributed by atoms with Crippen molar-refractivity contribution in [3.8, 4) is 45.9 Å². The van der Waals surface area contributed by atoms with Crippen LogP contribution in [0.5, 0.6) is 11.5 Å². The van der Waals surface area contributed by atoms with Crippen molar-refractivity contribution in [1.82, 2.24) is 35.3 Å². The normalized spacial score (nSPS) is 19.8. The molecule has 7 rings (SSSR count). The summed E-state index contributed by atoms with van der Waals surface area (Å²) in [5.41, 5.74) is 8.51. The molecule has 384 valence electrons. The smallest absolute Gasteiger partial charge is 0.268 e. The average molecular weight is 1010 g/mol. The van der Waals surface area contributed by atoms with Crippen LogP contribution in [0.2, 0.25) is 0 Å². The number of hydrogen-bond acceptors (Lipinski definition) is 12. The quantitative estimate of drug-likeness (QED) is 0.0723. The lowest BCUT2D eigenvalue weighted by Gasteiger charge is -2.32. The predicted octanol–water partition coefficient (Wildman–Crippen LogP) is 5.62. The number of nitrogens with one attached hydrogen (secondary N) is 2.